The molecule has 2 aromatic carbocycles. The summed E-state index contributed by atoms with van der Waals surface area (Å²) in [6.45, 7) is -0.431. The molecule has 0 heterocycles. The van der Waals surface area contributed by atoms with Gasteiger partial charge >= 0.3 is 5.97 Å². The minimum absolute atomic E-state index is 0.00212. The smallest absolute Gasteiger partial charge is 0.341 e. The molecule has 1 fully saturated rings. The first-order valence-electron chi connectivity index (χ1n) is 7.94. The van der Waals surface area contributed by atoms with E-state index < -0.39 is 12.6 Å². The lowest BCUT2D eigenvalue weighted by Crippen LogP contribution is -2.29. The largest absolute Gasteiger partial charge is 0.482 e. The van der Waals surface area contributed by atoms with Crippen LogP contribution in [0.15, 0.2) is 54.6 Å². The van der Waals surface area contributed by atoms with E-state index in [1.807, 2.05) is 30.3 Å². The fourth-order valence-corrected chi connectivity index (χ4v) is 2.66. The summed E-state index contributed by atoms with van der Waals surface area (Å²) >= 11 is 0. The van der Waals surface area contributed by atoms with Crippen LogP contribution in [0.1, 0.15) is 34.8 Å². The third-order valence-electron chi connectivity index (χ3n) is 4.00. The zero-order valence-corrected chi connectivity index (χ0v) is 13.1. The Labute approximate surface area is 140 Å². The van der Waals surface area contributed by atoms with Gasteiger partial charge in [-0.1, -0.05) is 36.4 Å². The molecule has 1 aliphatic rings. The predicted octanol–water partition coefficient (Wildman–Crippen LogP) is 3.03. The van der Waals surface area contributed by atoms with Crippen LogP contribution in [0.2, 0.25) is 0 Å². The van der Waals surface area contributed by atoms with Crippen molar-refractivity contribution in [2.75, 3.05) is 6.61 Å². The Kier molecular flexibility index (Phi) is 4.79. The van der Waals surface area contributed by atoms with Crippen LogP contribution >= 0.6 is 0 Å². The van der Waals surface area contributed by atoms with Crippen molar-refractivity contribution in [3.63, 3.8) is 0 Å². The zero-order chi connectivity index (χ0) is 16.9. The van der Waals surface area contributed by atoms with Gasteiger partial charge in [0.2, 0.25) is 0 Å². The average molecular weight is 325 g/mol. The summed E-state index contributed by atoms with van der Waals surface area (Å²) in [6.07, 6.45) is 2.23. The number of ether oxygens (including phenoxy) is 1. The van der Waals surface area contributed by atoms with Crippen molar-refractivity contribution in [3.8, 4) is 5.75 Å². The van der Waals surface area contributed by atoms with Crippen LogP contribution < -0.4 is 10.1 Å². The van der Waals surface area contributed by atoms with Gasteiger partial charge in [0.05, 0.1) is 6.04 Å². The van der Waals surface area contributed by atoms with E-state index >= 15 is 0 Å². The monoisotopic (exact) mass is 325 g/mol. The van der Waals surface area contributed by atoms with Crippen LogP contribution in [0.25, 0.3) is 0 Å². The first-order chi connectivity index (χ1) is 11.6. The standard InChI is InChI=1S/C19H19NO4/c21-17(22)12-24-16-8-4-7-15(11-16)19(23)20-18(14-9-10-14)13-5-2-1-3-6-13/h1-8,11,14,18H,9-10,12H2,(H,20,23)(H,21,22). The van der Waals surface area contributed by atoms with Gasteiger partial charge in [0.15, 0.2) is 6.61 Å². The number of nitrogens with one attached hydrogen (secondary N) is 1. The molecule has 24 heavy (non-hydrogen) atoms. The number of hydrogen-bond donors (Lipinski definition) is 2. The van der Waals surface area contributed by atoms with Gasteiger partial charge < -0.3 is 15.2 Å². The van der Waals surface area contributed by atoms with E-state index in [-0.39, 0.29) is 11.9 Å². The Bertz CT molecular complexity index is 725. The summed E-state index contributed by atoms with van der Waals surface area (Å²) in [7, 11) is 0. The van der Waals surface area contributed by atoms with E-state index in [4.69, 9.17) is 9.84 Å². The highest BCUT2D eigenvalue weighted by molar-refractivity contribution is 5.94. The lowest BCUT2D eigenvalue weighted by molar-refractivity contribution is -0.139. The lowest BCUT2D eigenvalue weighted by Gasteiger charge is -2.19. The molecule has 1 aliphatic carbocycles. The highest BCUT2D eigenvalue weighted by Gasteiger charge is 2.33. The molecule has 5 heteroatoms. The lowest BCUT2D eigenvalue weighted by atomic mass is 10.0. The Balaban J connectivity index is 1.71. The SMILES string of the molecule is O=C(O)COc1cccc(C(=O)NC(c2ccccc2)C2CC2)c1. The fraction of sp³-hybridized carbons (Fsp3) is 0.263. The molecule has 0 aliphatic heterocycles. The molecule has 0 radical (unpaired) electrons. The van der Waals surface area contributed by atoms with E-state index in [1.165, 1.54) is 0 Å². The van der Waals surface area contributed by atoms with Gasteiger partial charge in [0.25, 0.3) is 5.91 Å². The molecule has 0 spiro atoms. The van der Waals surface area contributed by atoms with E-state index in [1.54, 1.807) is 24.3 Å². The summed E-state index contributed by atoms with van der Waals surface area (Å²) in [5, 5.41) is 11.8. The van der Waals surface area contributed by atoms with Crippen molar-refractivity contribution in [1.29, 1.82) is 0 Å². The van der Waals surface area contributed by atoms with Gasteiger partial charge in [0, 0.05) is 5.56 Å². The van der Waals surface area contributed by atoms with Crippen LogP contribution in [0.5, 0.6) is 5.75 Å². The van der Waals surface area contributed by atoms with E-state index in [0.29, 0.717) is 17.2 Å². The van der Waals surface area contributed by atoms with Crippen molar-refractivity contribution < 1.29 is 19.4 Å². The van der Waals surface area contributed by atoms with E-state index in [9.17, 15) is 9.59 Å². The minimum Gasteiger partial charge on any atom is -0.482 e. The molecule has 124 valence electrons. The first-order valence-corrected chi connectivity index (χ1v) is 7.94. The maximum atomic E-state index is 12.6. The van der Waals surface area contributed by atoms with Crippen LogP contribution in [0, 0.1) is 5.92 Å². The number of amides is 1. The van der Waals surface area contributed by atoms with Crippen molar-refractivity contribution in [2.24, 2.45) is 5.92 Å². The molecule has 1 amide bonds. The second-order valence-electron chi connectivity index (χ2n) is 5.91. The van der Waals surface area contributed by atoms with Crippen molar-refractivity contribution >= 4 is 11.9 Å². The van der Waals surface area contributed by atoms with E-state index in [2.05, 4.69) is 5.32 Å². The Hall–Kier alpha value is -2.82. The average Bonchev–Trinajstić information content (AvgIpc) is 3.43. The Morgan fingerprint density at radius 2 is 1.88 bits per heavy atom. The number of carboxylic acid groups (broad SMARTS) is 1. The number of carbonyl (C=O) groups is 2. The van der Waals surface area contributed by atoms with Crippen molar-refractivity contribution in [1.82, 2.24) is 5.32 Å². The predicted molar refractivity (Wildman–Crippen MR) is 88.9 cm³/mol. The molecular weight excluding hydrogens is 306 g/mol. The number of carbonyl (C=O) groups excluding carboxylic acids is 1. The molecule has 0 aromatic heterocycles. The first kappa shape index (κ1) is 16.1. The van der Waals surface area contributed by atoms with E-state index in [0.717, 1.165) is 18.4 Å². The molecule has 5 nitrogen and oxygen atoms in total. The summed E-state index contributed by atoms with van der Waals surface area (Å²) in [5.74, 6) is -0.394. The topological polar surface area (TPSA) is 75.6 Å². The van der Waals surface area contributed by atoms with Gasteiger partial charge in [-0.05, 0) is 42.5 Å². The molecule has 0 saturated heterocycles. The van der Waals surface area contributed by atoms with Gasteiger partial charge in [-0.15, -0.1) is 0 Å². The number of rotatable bonds is 7. The third kappa shape index (κ3) is 4.13. The van der Waals surface area contributed by atoms with Gasteiger partial charge in [-0.25, -0.2) is 4.79 Å². The Morgan fingerprint density at radius 1 is 1.12 bits per heavy atom. The summed E-state index contributed by atoms with van der Waals surface area (Å²) < 4.78 is 5.13. The molecule has 1 unspecified atom stereocenters. The zero-order valence-electron chi connectivity index (χ0n) is 13.1. The number of carboxylic acids is 1. The summed E-state index contributed by atoms with van der Waals surface area (Å²) in [6, 6.07) is 16.5. The third-order valence-corrected chi connectivity index (χ3v) is 4.00. The molecule has 1 atom stereocenters. The Morgan fingerprint density at radius 3 is 2.54 bits per heavy atom. The minimum atomic E-state index is -1.05. The summed E-state index contributed by atoms with van der Waals surface area (Å²) in [4.78, 5) is 23.1. The van der Waals surface area contributed by atoms with Crippen LogP contribution in [-0.2, 0) is 4.79 Å². The number of hydrogen-bond acceptors (Lipinski definition) is 3. The normalized spacial score (nSPS) is 14.7. The molecule has 1 saturated carbocycles. The highest BCUT2D eigenvalue weighted by Crippen LogP contribution is 2.41. The van der Waals surface area contributed by atoms with Crippen molar-refractivity contribution in [2.45, 2.75) is 18.9 Å². The molecule has 2 N–H and O–H groups in total. The quantitative estimate of drug-likeness (QED) is 0.820. The van der Waals surface area contributed by atoms with Crippen molar-refractivity contribution in [3.05, 3.63) is 65.7 Å². The maximum Gasteiger partial charge on any atom is 0.341 e. The van der Waals surface area contributed by atoms with Gasteiger partial charge in [-0.2, -0.15) is 0 Å². The highest BCUT2D eigenvalue weighted by atomic mass is 16.5. The van der Waals surface area contributed by atoms with Crippen LogP contribution in [0.3, 0.4) is 0 Å². The second-order valence-corrected chi connectivity index (χ2v) is 5.91. The number of benzene rings is 2. The van der Waals surface area contributed by atoms with Gasteiger partial charge in [0.1, 0.15) is 5.75 Å². The van der Waals surface area contributed by atoms with Gasteiger partial charge in [-0.3, -0.25) is 4.79 Å². The molecule has 3 rings (SSSR count). The molecule has 0 bridgehead atoms. The molecule has 2 aromatic rings. The van der Waals surface area contributed by atoms with Crippen LogP contribution in [0.4, 0.5) is 0 Å². The second kappa shape index (κ2) is 7.17. The fourth-order valence-electron chi connectivity index (χ4n) is 2.66. The maximum absolute atomic E-state index is 12.6. The number of aliphatic carboxylic acids is 1. The summed E-state index contributed by atoms with van der Waals surface area (Å²) in [5.41, 5.74) is 1.56. The molecular formula is C19H19NO4. The van der Waals surface area contributed by atoms with Crippen LogP contribution in [-0.4, -0.2) is 23.6 Å².